The molecule has 0 bridgehead atoms. The van der Waals surface area contributed by atoms with Crippen LogP contribution in [0.1, 0.15) is 20.3 Å². The highest BCUT2D eigenvalue weighted by Crippen LogP contribution is 2.15. The maximum absolute atomic E-state index is 11.5. The van der Waals surface area contributed by atoms with Crippen molar-refractivity contribution >= 4 is 11.7 Å². The number of carbonyl (C=O) groups excluding carboxylic acids is 1. The number of hydrogen-bond donors (Lipinski definition) is 1. The molecular formula is C16H26N2O2. The molecule has 0 amide bonds. The molecular weight excluding hydrogens is 252 g/mol. The van der Waals surface area contributed by atoms with Gasteiger partial charge in [0.1, 0.15) is 0 Å². The second-order valence-electron chi connectivity index (χ2n) is 5.66. The van der Waals surface area contributed by atoms with Crippen molar-refractivity contribution in [3.63, 3.8) is 0 Å². The summed E-state index contributed by atoms with van der Waals surface area (Å²) in [7, 11) is 3.52. The molecule has 4 nitrogen and oxygen atoms in total. The molecule has 0 aromatic heterocycles. The smallest absolute Gasteiger partial charge is 0.312 e. The molecule has 0 aliphatic rings. The molecule has 4 heteroatoms. The largest absolute Gasteiger partial charge is 0.469 e. The Balaban J connectivity index is 2.21. The van der Waals surface area contributed by atoms with Gasteiger partial charge in [-0.15, -0.1) is 0 Å². The Morgan fingerprint density at radius 2 is 1.95 bits per heavy atom. The van der Waals surface area contributed by atoms with Gasteiger partial charge in [-0.1, -0.05) is 18.2 Å². The first kappa shape index (κ1) is 16.5. The second kappa shape index (κ2) is 7.90. The minimum absolute atomic E-state index is 0.175. The van der Waals surface area contributed by atoms with Gasteiger partial charge < -0.3 is 15.0 Å². The third kappa shape index (κ3) is 5.21. The minimum Gasteiger partial charge on any atom is -0.469 e. The summed E-state index contributed by atoms with van der Waals surface area (Å²) in [5.41, 5.74) is 0.752. The number of methoxy groups -OCH3 is 1. The number of carbonyl (C=O) groups is 1. The summed E-state index contributed by atoms with van der Waals surface area (Å²) < 4.78 is 4.78. The molecule has 1 aromatic carbocycles. The van der Waals surface area contributed by atoms with E-state index in [4.69, 9.17) is 4.74 Å². The van der Waals surface area contributed by atoms with E-state index in [9.17, 15) is 4.79 Å². The molecule has 0 fully saturated rings. The summed E-state index contributed by atoms with van der Waals surface area (Å²) in [5.74, 6) is -0.175. The van der Waals surface area contributed by atoms with Crippen molar-refractivity contribution in [1.29, 1.82) is 0 Å². The Kier molecular flexibility index (Phi) is 6.52. The summed E-state index contributed by atoms with van der Waals surface area (Å²) in [5, 5.41) is 3.32. The van der Waals surface area contributed by atoms with Crippen LogP contribution in [0, 0.1) is 5.41 Å². The van der Waals surface area contributed by atoms with Crippen molar-refractivity contribution in [3.05, 3.63) is 30.3 Å². The van der Waals surface area contributed by atoms with Gasteiger partial charge in [0.2, 0.25) is 0 Å². The van der Waals surface area contributed by atoms with Crippen molar-refractivity contribution in [2.24, 2.45) is 5.41 Å². The predicted molar refractivity (Wildman–Crippen MR) is 83.0 cm³/mol. The number of hydrogen-bond acceptors (Lipinski definition) is 4. The van der Waals surface area contributed by atoms with E-state index in [1.807, 2.05) is 32.0 Å². The monoisotopic (exact) mass is 278 g/mol. The van der Waals surface area contributed by atoms with Gasteiger partial charge in [-0.05, 0) is 38.9 Å². The highest BCUT2D eigenvalue weighted by Gasteiger charge is 2.27. The van der Waals surface area contributed by atoms with Crippen molar-refractivity contribution in [1.82, 2.24) is 5.32 Å². The Bertz CT molecular complexity index is 404. The summed E-state index contributed by atoms with van der Waals surface area (Å²) in [6.45, 7) is 6.28. The Morgan fingerprint density at radius 1 is 1.30 bits per heavy atom. The molecule has 20 heavy (non-hydrogen) atoms. The fourth-order valence-electron chi connectivity index (χ4n) is 2.00. The zero-order valence-electron chi connectivity index (χ0n) is 13.0. The van der Waals surface area contributed by atoms with Crippen molar-refractivity contribution in [2.45, 2.75) is 20.3 Å². The normalized spacial score (nSPS) is 11.2. The van der Waals surface area contributed by atoms with Crippen LogP contribution >= 0.6 is 0 Å². The fourth-order valence-corrected chi connectivity index (χ4v) is 2.00. The van der Waals surface area contributed by atoms with Gasteiger partial charge in [0.05, 0.1) is 12.5 Å². The first-order valence-electron chi connectivity index (χ1n) is 7.02. The number of anilines is 1. The molecule has 0 spiro atoms. The molecule has 1 aromatic rings. The first-order chi connectivity index (χ1) is 9.47. The van der Waals surface area contributed by atoms with E-state index in [0.29, 0.717) is 6.54 Å². The van der Waals surface area contributed by atoms with Gasteiger partial charge in [-0.25, -0.2) is 0 Å². The highest BCUT2D eigenvalue weighted by atomic mass is 16.5. The van der Waals surface area contributed by atoms with Crippen LogP contribution in [0.4, 0.5) is 5.69 Å². The maximum atomic E-state index is 11.5. The highest BCUT2D eigenvalue weighted by molar-refractivity contribution is 5.76. The van der Waals surface area contributed by atoms with E-state index in [1.54, 1.807) is 0 Å². The van der Waals surface area contributed by atoms with E-state index in [1.165, 1.54) is 12.8 Å². The standard InChI is InChI=1S/C16H26N2O2/c1-16(2,15(19)20-4)13-17-11-8-12-18(3)14-9-6-5-7-10-14/h5-7,9-10,17H,8,11-13H2,1-4H3. The molecule has 0 radical (unpaired) electrons. The van der Waals surface area contributed by atoms with Gasteiger partial charge in [-0.3, -0.25) is 4.79 Å². The number of benzene rings is 1. The van der Waals surface area contributed by atoms with Crippen molar-refractivity contribution in [3.8, 4) is 0 Å². The van der Waals surface area contributed by atoms with Crippen LogP contribution in [-0.4, -0.2) is 39.8 Å². The average molecular weight is 278 g/mol. The van der Waals surface area contributed by atoms with Crippen LogP contribution in [0.5, 0.6) is 0 Å². The van der Waals surface area contributed by atoms with Crippen LogP contribution in [0.3, 0.4) is 0 Å². The molecule has 112 valence electrons. The van der Waals surface area contributed by atoms with Crippen LogP contribution in [0.15, 0.2) is 30.3 Å². The third-order valence-corrected chi connectivity index (χ3v) is 3.35. The van der Waals surface area contributed by atoms with Crippen LogP contribution < -0.4 is 10.2 Å². The lowest BCUT2D eigenvalue weighted by Gasteiger charge is -2.23. The lowest BCUT2D eigenvalue weighted by molar-refractivity contribution is -0.150. The van der Waals surface area contributed by atoms with Crippen LogP contribution in [-0.2, 0) is 9.53 Å². The fraction of sp³-hybridized carbons (Fsp3) is 0.562. The van der Waals surface area contributed by atoms with E-state index in [-0.39, 0.29) is 5.97 Å². The summed E-state index contributed by atoms with van der Waals surface area (Å²) in [6, 6.07) is 10.3. The second-order valence-corrected chi connectivity index (χ2v) is 5.66. The lowest BCUT2D eigenvalue weighted by atomic mass is 9.94. The Morgan fingerprint density at radius 3 is 2.55 bits per heavy atom. The SMILES string of the molecule is COC(=O)C(C)(C)CNCCCN(C)c1ccccc1. The number of ether oxygens (including phenoxy) is 1. The van der Waals surface area contributed by atoms with Crippen molar-refractivity contribution in [2.75, 3.05) is 38.7 Å². The first-order valence-corrected chi connectivity index (χ1v) is 7.02. The molecule has 0 unspecified atom stereocenters. The molecule has 0 heterocycles. The quantitative estimate of drug-likeness (QED) is 0.585. The summed E-state index contributed by atoms with van der Waals surface area (Å²) >= 11 is 0. The van der Waals surface area contributed by atoms with Gasteiger partial charge in [-0.2, -0.15) is 0 Å². The third-order valence-electron chi connectivity index (χ3n) is 3.35. The summed E-state index contributed by atoms with van der Waals surface area (Å²) in [4.78, 5) is 13.7. The average Bonchev–Trinajstić information content (AvgIpc) is 2.46. The van der Waals surface area contributed by atoms with Gasteiger partial charge >= 0.3 is 5.97 Å². The molecule has 1 rings (SSSR count). The molecule has 1 N–H and O–H groups in total. The summed E-state index contributed by atoms with van der Waals surface area (Å²) in [6.07, 6.45) is 1.03. The topological polar surface area (TPSA) is 41.6 Å². The number of para-hydroxylation sites is 1. The van der Waals surface area contributed by atoms with E-state index in [0.717, 1.165) is 19.5 Å². The van der Waals surface area contributed by atoms with E-state index < -0.39 is 5.41 Å². The number of nitrogens with zero attached hydrogens (tertiary/aromatic N) is 1. The molecule has 0 saturated carbocycles. The van der Waals surface area contributed by atoms with Crippen LogP contribution in [0.25, 0.3) is 0 Å². The van der Waals surface area contributed by atoms with Crippen LogP contribution in [0.2, 0.25) is 0 Å². The van der Waals surface area contributed by atoms with Gasteiger partial charge in [0, 0.05) is 25.8 Å². The lowest BCUT2D eigenvalue weighted by Crippen LogP contribution is -2.37. The molecule has 0 aliphatic heterocycles. The Hall–Kier alpha value is -1.55. The minimum atomic E-state index is -0.472. The van der Waals surface area contributed by atoms with Gasteiger partial charge in [0.15, 0.2) is 0 Å². The number of esters is 1. The predicted octanol–water partition coefficient (Wildman–Crippen LogP) is 2.30. The Labute approximate surface area is 122 Å². The molecule has 0 saturated heterocycles. The van der Waals surface area contributed by atoms with Gasteiger partial charge in [0.25, 0.3) is 0 Å². The molecule has 0 aliphatic carbocycles. The maximum Gasteiger partial charge on any atom is 0.312 e. The van der Waals surface area contributed by atoms with Crippen molar-refractivity contribution < 1.29 is 9.53 Å². The van der Waals surface area contributed by atoms with E-state index in [2.05, 4.69) is 29.4 Å². The number of rotatable bonds is 8. The zero-order chi connectivity index (χ0) is 15.0. The van der Waals surface area contributed by atoms with E-state index >= 15 is 0 Å². The zero-order valence-corrected chi connectivity index (χ0v) is 13.0. The molecule has 0 atom stereocenters. The number of nitrogens with one attached hydrogen (secondary N) is 1.